The number of aromatic nitrogens is 2. The van der Waals surface area contributed by atoms with Crippen LogP contribution in [0.15, 0.2) is 35.3 Å². The van der Waals surface area contributed by atoms with E-state index in [0.29, 0.717) is 24.5 Å². The largest absolute Gasteiger partial charge is 0.461 e. The van der Waals surface area contributed by atoms with Gasteiger partial charge in [-0.15, -0.1) is 0 Å². The van der Waals surface area contributed by atoms with Gasteiger partial charge in [0, 0.05) is 25.5 Å². The van der Waals surface area contributed by atoms with Gasteiger partial charge in [0.05, 0.1) is 12.2 Å². The molecule has 3 heterocycles. The Morgan fingerprint density at radius 3 is 2.75 bits per heavy atom. The minimum Gasteiger partial charge on any atom is -0.461 e. The van der Waals surface area contributed by atoms with Gasteiger partial charge >= 0.3 is 0 Å². The van der Waals surface area contributed by atoms with Gasteiger partial charge in [0.1, 0.15) is 24.2 Å². The van der Waals surface area contributed by atoms with Crippen molar-refractivity contribution in [1.29, 1.82) is 0 Å². The molecule has 7 nitrogen and oxygen atoms in total. The van der Waals surface area contributed by atoms with Crippen LogP contribution in [0.3, 0.4) is 0 Å². The van der Waals surface area contributed by atoms with Crippen molar-refractivity contribution in [2.75, 3.05) is 6.54 Å². The quantitative estimate of drug-likeness (QED) is 0.778. The first-order chi connectivity index (χ1) is 11.7. The minimum atomic E-state index is -0.445. The SMILES string of the molecule is CCC1C(=O)C(=O)N(CCCn2ccnc2)C1c1ccc(CO)o1. The summed E-state index contributed by atoms with van der Waals surface area (Å²) in [4.78, 5) is 30.3. The number of furan rings is 1. The lowest BCUT2D eigenvalue weighted by atomic mass is 9.94. The molecule has 0 aliphatic carbocycles. The van der Waals surface area contributed by atoms with Gasteiger partial charge in [-0.2, -0.15) is 0 Å². The molecule has 1 aliphatic rings. The second-order valence-electron chi connectivity index (χ2n) is 5.94. The van der Waals surface area contributed by atoms with Crippen LogP contribution in [-0.4, -0.2) is 37.8 Å². The van der Waals surface area contributed by atoms with Gasteiger partial charge in [-0.05, 0) is 25.0 Å². The monoisotopic (exact) mass is 331 g/mol. The van der Waals surface area contributed by atoms with E-state index in [1.165, 1.54) is 0 Å². The van der Waals surface area contributed by atoms with Crippen LogP contribution in [-0.2, 0) is 22.7 Å². The number of carbonyl (C=O) groups excluding carboxylic acids is 2. The van der Waals surface area contributed by atoms with E-state index >= 15 is 0 Å². The van der Waals surface area contributed by atoms with E-state index in [1.54, 1.807) is 29.6 Å². The molecule has 1 aliphatic heterocycles. The van der Waals surface area contributed by atoms with Gasteiger partial charge in [0.2, 0.25) is 5.78 Å². The number of aryl methyl sites for hydroxylation is 1. The lowest BCUT2D eigenvalue weighted by Crippen LogP contribution is -2.31. The topological polar surface area (TPSA) is 88.6 Å². The van der Waals surface area contributed by atoms with Gasteiger partial charge < -0.3 is 19.0 Å². The molecule has 1 saturated heterocycles. The number of nitrogens with zero attached hydrogens (tertiary/aromatic N) is 3. The molecular weight excluding hydrogens is 310 g/mol. The zero-order valence-corrected chi connectivity index (χ0v) is 13.6. The number of aliphatic hydroxyl groups is 1. The van der Waals surface area contributed by atoms with E-state index < -0.39 is 17.9 Å². The lowest BCUT2D eigenvalue weighted by molar-refractivity contribution is -0.141. The van der Waals surface area contributed by atoms with E-state index in [0.717, 1.165) is 13.0 Å². The average Bonchev–Trinajstić information content (AvgIpc) is 3.30. The van der Waals surface area contributed by atoms with Crippen LogP contribution in [0, 0.1) is 5.92 Å². The highest BCUT2D eigenvalue weighted by atomic mass is 16.4. The maximum Gasteiger partial charge on any atom is 0.290 e. The van der Waals surface area contributed by atoms with Crippen molar-refractivity contribution >= 4 is 11.7 Å². The molecule has 2 atom stereocenters. The molecule has 3 rings (SSSR count). The summed E-state index contributed by atoms with van der Waals surface area (Å²) < 4.78 is 7.55. The third-order valence-electron chi connectivity index (χ3n) is 4.47. The molecule has 24 heavy (non-hydrogen) atoms. The fraction of sp³-hybridized carbons (Fsp3) is 0.471. The van der Waals surface area contributed by atoms with Crippen molar-refractivity contribution in [3.05, 3.63) is 42.4 Å². The summed E-state index contributed by atoms with van der Waals surface area (Å²) in [7, 11) is 0. The summed E-state index contributed by atoms with van der Waals surface area (Å²) in [6.45, 7) is 2.89. The minimum absolute atomic E-state index is 0.202. The summed E-state index contributed by atoms with van der Waals surface area (Å²) in [5.41, 5.74) is 0. The predicted octanol–water partition coefficient (Wildman–Crippen LogP) is 1.54. The van der Waals surface area contributed by atoms with Crippen molar-refractivity contribution in [1.82, 2.24) is 14.5 Å². The number of amides is 1. The second kappa shape index (κ2) is 7.00. The van der Waals surface area contributed by atoms with Crippen molar-refractivity contribution in [3.63, 3.8) is 0 Å². The molecule has 0 radical (unpaired) electrons. The predicted molar refractivity (Wildman–Crippen MR) is 84.7 cm³/mol. The molecule has 0 aromatic carbocycles. The third kappa shape index (κ3) is 2.99. The molecule has 0 bridgehead atoms. The number of carbonyl (C=O) groups is 2. The number of hydrogen-bond acceptors (Lipinski definition) is 5. The van der Waals surface area contributed by atoms with Gasteiger partial charge in [0.25, 0.3) is 5.91 Å². The smallest absolute Gasteiger partial charge is 0.290 e. The number of imidazole rings is 1. The van der Waals surface area contributed by atoms with Crippen LogP contribution >= 0.6 is 0 Å². The maximum atomic E-state index is 12.4. The van der Waals surface area contributed by atoms with E-state index in [9.17, 15) is 14.7 Å². The average molecular weight is 331 g/mol. The Kier molecular flexibility index (Phi) is 4.80. The first kappa shape index (κ1) is 16.4. The first-order valence-corrected chi connectivity index (χ1v) is 8.15. The summed E-state index contributed by atoms with van der Waals surface area (Å²) in [6, 6.07) is 3.03. The molecule has 1 amide bonds. The Morgan fingerprint density at radius 1 is 1.29 bits per heavy atom. The molecule has 0 saturated carbocycles. The van der Waals surface area contributed by atoms with E-state index in [1.807, 2.05) is 17.7 Å². The summed E-state index contributed by atoms with van der Waals surface area (Å²) in [5.74, 6) is -0.201. The number of hydrogen-bond donors (Lipinski definition) is 1. The van der Waals surface area contributed by atoms with Crippen LogP contribution in [0.5, 0.6) is 0 Å². The molecular formula is C17H21N3O4. The summed E-state index contributed by atoms with van der Waals surface area (Å²) in [6.07, 6.45) is 6.59. The van der Waals surface area contributed by atoms with Gasteiger partial charge in [-0.1, -0.05) is 6.92 Å². The molecule has 2 aromatic rings. The van der Waals surface area contributed by atoms with Crippen LogP contribution in [0.25, 0.3) is 0 Å². The van der Waals surface area contributed by atoms with Crippen LogP contribution in [0.4, 0.5) is 0 Å². The molecule has 7 heteroatoms. The highest BCUT2D eigenvalue weighted by Crippen LogP contribution is 2.38. The summed E-state index contributed by atoms with van der Waals surface area (Å²) >= 11 is 0. The Labute approximate surface area is 139 Å². The second-order valence-corrected chi connectivity index (χ2v) is 5.94. The third-order valence-corrected chi connectivity index (χ3v) is 4.47. The van der Waals surface area contributed by atoms with E-state index in [4.69, 9.17) is 4.42 Å². The summed E-state index contributed by atoms with van der Waals surface area (Å²) in [5, 5.41) is 9.18. The van der Waals surface area contributed by atoms with Crippen LogP contribution in [0.1, 0.15) is 37.3 Å². The fourth-order valence-corrected chi connectivity index (χ4v) is 3.27. The molecule has 128 valence electrons. The molecule has 2 unspecified atom stereocenters. The van der Waals surface area contributed by atoms with Crippen LogP contribution in [0.2, 0.25) is 0 Å². The number of rotatable bonds is 7. The molecule has 0 spiro atoms. The highest BCUT2D eigenvalue weighted by Gasteiger charge is 2.48. The van der Waals surface area contributed by atoms with Crippen molar-refractivity contribution in [2.24, 2.45) is 5.92 Å². The maximum absolute atomic E-state index is 12.4. The molecule has 1 fully saturated rings. The standard InChI is InChI=1S/C17H21N3O4/c1-2-13-15(14-5-4-12(10-21)24-14)20(17(23)16(13)22)8-3-7-19-9-6-18-11-19/h4-6,9,11,13,15,21H,2-3,7-8,10H2,1H3. The molecule has 2 aromatic heterocycles. The lowest BCUT2D eigenvalue weighted by Gasteiger charge is -2.25. The number of aliphatic hydroxyl groups excluding tert-OH is 1. The van der Waals surface area contributed by atoms with Crippen molar-refractivity contribution < 1.29 is 19.1 Å². The van der Waals surface area contributed by atoms with Crippen molar-refractivity contribution in [2.45, 2.75) is 39.0 Å². The first-order valence-electron chi connectivity index (χ1n) is 8.15. The van der Waals surface area contributed by atoms with Gasteiger partial charge in [-0.3, -0.25) is 9.59 Å². The molecule has 1 N–H and O–H groups in total. The normalized spacial score (nSPS) is 21.0. The van der Waals surface area contributed by atoms with Crippen molar-refractivity contribution in [3.8, 4) is 0 Å². The van der Waals surface area contributed by atoms with E-state index in [-0.39, 0.29) is 12.4 Å². The zero-order valence-electron chi connectivity index (χ0n) is 13.6. The van der Waals surface area contributed by atoms with E-state index in [2.05, 4.69) is 4.98 Å². The number of Topliss-reactive ketones (excluding diaryl/α,β-unsaturated/α-hetero) is 1. The van der Waals surface area contributed by atoms with Gasteiger partial charge in [0.15, 0.2) is 0 Å². The number of ketones is 1. The fourth-order valence-electron chi connectivity index (χ4n) is 3.27. The Morgan fingerprint density at radius 2 is 2.12 bits per heavy atom. The number of likely N-dealkylation sites (tertiary alicyclic amines) is 1. The van der Waals surface area contributed by atoms with Gasteiger partial charge in [-0.25, -0.2) is 4.98 Å². The highest BCUT2D eigenvalue weighted by molar-refractivity contribution is 6.39. The Balaban J connectivity index is 1.77. The Bertz CT molecular complexity index is 707. The zero-order chi connectivity index (χ0) is 17.1. The Hall–Kier alpha value is -2.41. The van der Waals surface area contributed by atoms with Crippen LogP contribution < -0.4 is 0 Å².